The third-order valence-electron chi connectivity index (χ3n) is 2.34. The van der Waals surface area contributed by atoms with Gasteiger partial charge in [-0.05, 0) is 24.1 Å². The Hall–Kier alpha value is -2.08. The fraction of sp³-hybridized carbons (Fsp3) is 0.333. The number of nitrogen functional groups attached to an aromatic ring is 1. The minimum atomic E-state index is -1.09. The Labute approximate surface area is 105 Å². The lowest BCUT2D eigenvalue weighted by Crippen LogP contribution is -2.31. The Morgan fingerprint density at radius 3 is 2.56 bits per heavy atom. The summed E-state index contributed by atoms with van der Waals surface area (Å²) in [6.45, 7) is 4.74. The first-order valence-corrected chi connectivity index (χ1v) is 5.58. The number of hydrogen-bond donors (Lipinski definition) is 4. The van der Waals surface area contributed by atoms with E-state index in [9.17, 15) is 9.59 Å². The molecule has 98 valence electrons. The smallest absolute Gasteiger partial charge is 0.335 e. The molecule has 0 radical (unpaired) electrons. The molecule has 6 nitrogen and oxygen atoms in total. The summed E-state index contributed by atoms with van der Waals surface area (Å²) in [5, 5.41) is 12.0. The van der Waals surface area contributed by atoms with Crippen molar-refractivity contribution < 1.29 is 14.7 Å². The number of nitrogens with one attached hydrogen (secondary N) is 2. The highest BCUT2D eigenvalue weighted by Crippen LogP contribution is 2.18. The van der Waals surface area contributed by atoms with Crippen molar-refractivity contribution in [3.63, 3.8) is 0 Å². The van der Waals surface area contributed by atoms with Gasteiger partial charge in [-0.1, -0.05) is 13.8 Å². The average Bonchev–Trinajstić information content (AvgIpc) is 2.34. The predicted molar refractivity (Wildman–Crippen MR) is 68.4 cm³/mol. The summed E-state index contributed by atoms with van der Waals surface area (Å²) in [5.41, 5.74) is 2.84. The van der Waals surface area contributed by atoms with E-state index in [0.29, 0.717) is 18.2 Å². The molecule has 0 atom stereocenters. The van der Waals surface area contributed by atoms with E-state index < -0.39 is 11.9 Å². The van der Waals surface area contributed by atoms with Gasteiger partial charge >= 0.3 is 5.97 Å². The third kappa shape index (κ3) is 3.46. The number of carbonyl (C=O) groups is 2. The fourth-order valence-corrected chi connectivity index (χ4v) is 1.41. The molecule has 5 N–H and O–H groups in total. The molecule has 0 heterocycles. The van der Waals surface area contributed by atoms with Gasteiger partial charge in [-0.25, -0.2) is 10.6 Å². The van der Waals surface area contributed by atoms with Crippen molar-refractivity contribution in [2.75, 3.05) is 11.9 Å². The molecular formula is C12H17N3O3. The fourth-order valence-electron chi connectivity index (χ4n) is 1.41. The van der Waals surface area contributed by atoms with E-state index in [-0.39, 0.29) is 11.1 Å². The van der Waals surface area contributed by atoms with E-state index in [2.05, 4.69) is 5.32 Å². The second-order valence-electron chi connectivity index (χ2n) is 4.31. The van der Waals surface area contributed by atoms with Crippen LogP contribution in [0.15, 0.2) is 18.2 Å². The molecule has 1 amide bonds. The number of carbonyl (C=O) groups excluding carboxylic acids is 1. The van der Waals surface area contributed by atoms with Gasteiger partial charge < -0.3 is 10.4 Å². The summed E-state index contributed by atoms with van der Waals surface area (Å²) < 4.78 is 0. The maximum atomic E-state index is 11.6. The van der Waals surface area contributed by atoms with Crippen LogP contribution in [0.3, 0.4) is 0 Å². The summed E-state index contributed by atoms with van der Waals surface area (Å²) in [6.07, 6.45) is 0. The number of hydrazine groups is 1. The molecule has 18 heavy (non-hydrogen) atoms. The van der Waals surface area contributed by atoms with E-state index >= 15 is 0 Å². The normalized spacial score (nSPS) is 10.2. The largest absolute Gasteiger partial charge is 0.478 e. The van der Waals surface area contributed by atoms with E-state index in [4.69, 9.17) is 10.9 Å². The van der Waals surface area contributed by atoms with Crippen LogP contribution in [0.25, 0.3) is 0 Å². The van der Waals surface area contributed by atoms with Crippen LogP contribution in [0.5, 0.6) is 0 Å². The lowest BCUT2D eigenvalue weighted by Gasteiger charge is -2.13. The second kappa shape index (κ2) is 6.02. The van der Waals surface area contributed by atoms with Gasteiger partial charge in [-0.15, -0.1) is 0 Å². The topological polar surface area (TPSA) is 104 Å². The van der Waals surface area contributed by atoms with Crippen LogP contribution in [0.1, 0.15) is 34.6 Å². The first-order chi connectivity index (χ1) is 8.45. The maximum Gasteiger partial charge on any atom is 0.335 e. The van der Waals surface area contributed by atoms with Crippen LogP contribution in [0.4, 0.5) is 5.69 Å². The van der Waals surface area contributed by atoms with Crippen LogP contribution >= 0.6 is 0 Å². The average molecular weight is 251 g/mol. The second-order valence-corrected chi connectivity index (χ2v) is 4.31. The first kappa shape index (κ1) is 14.0. The third-order valence-corrected chi connectivity index (χ3v) is 2.34. The van der Waals surface area contributed by atoms with Crippen molar-refractivity contribution in [3.8, 4) is 0 Å². The van der Waals surface area contributed by atoms with Gasteiger partial charge in [0.25, 0.3) is 5.91 Å². The molecule has 0 aromatic heterocycles. The molecule has 0 aliphatic heterocycles. The molecule has 0 aliphatic rings. The number of anilines is 1. The number of aromatic carboxylic acids is 1. The van der Waals surface area contributed by atoms with Crippen molar-refractivity contribution in [2.45, 2.75) is 13.8 Å². The molecule has 1 aromatic carbocycles. The monoisotopic (exact) mass is 251 g/mol. The van der Waals surface area contributed by atoms with Crippen LogP contribution in [-0.2, 0) is 0 Å². The molecule has 0 spiro atoms. The number of carboxylic acid groups (broad SMARTS) is 1. The molecule has 0 fully saturated rings. The highest BCUT2D eigenvalue weighted by Gasteiger charge is 2.14. The van der Waals surface area contributed by atoms with Crippen LogP contribution < -0.4 is 16.6 Å². The molecule has 6 heteroatoms. The standard InChI is InChI=1S/C12H17N3O3/c1-7(2)6-14-10-4-3-8(12(17)18)5-9(10)11(16)15-13/h3-5,7,14H,6,13H2,1-2H3,(H,15,16)(H,17,18). The summed E-state index contributed by atoms with van der Waals surface area (Å²) in [4.78, 5) is 22.4. The Morgan fingerprint density at radius 1 is 1.39 bits per heavy atom. The van der Waals surface area contributed by atoms with Gasteiger partial charge in [0, 0.05) is 12.2 Å². The van der Waals surface area contributed by atoms with Crippen molar-refractivity contribution in [2.24, 2.45) is 11.8 Å². The van der Waals surface area contributed by atoms with E-state index in [1.807, 2.05) is 19.3 Å². The molecule has 1 aromatic rings. The molecule has 0 unspecified atom stereocenters. The zero-order chi connectivity index (χ0) is 13.7. The lowest BCUT2D eigenvalue weighted by molar-refractivity contribution is 0.0697. The number of hydrogen-bond acceptors (Lipinski definition) is 4. The molecule has 0 saturated carbocycles. The zero-order valence-electron chi connectivity index (χ0n) is 10.4. The maximum absolute atomic E-state index is 11.6. The predicted octanol–water partition coefficient (Wildman–Crippen LogP) is 1.06. The minimum absolute atomic E-state index is 0.0451. The van der Waals surface area contributed by atoms with E-state index in [0.717, 1.165) is 0 Å². The molecule has 0 aliphatic carbocycles. The van der Waals surface area contributed by atoms with E-state index in [1.54, 1.807) is 6.07 Å². The Balaban J connectivity index is 3.08. The molecule has 1 rings (SSSR count). The number of carboxylic acids is 1. The zero-order valence-corrected chi connectivity index (χ0v) is 10.4. The van der Waals surface area contributed by atoms with Gasteiger partial charge in [0.05, 0.1) is 11.1 Å². The van der Waals surface area contributed by atoms with E-state index in [1.165, 1.54) is 12.1 Å². The van der Waals surface area contributed by atoms with Crippen LogP contribution in [0.2, 0.25) is 0 Å². The van der Waals surface area contributed by atoms with Crippen molar-refractivity contribution in [1.82, 2.24) is 5.43 Å². The Bertz CT molecular complexity index is 458. The number of benzene rings is 1. The highest BCUT2D eigenvalue weighted by molar-refractivity contribution is 6.01. The summed E-state index contributed by atoms with van der Waals surface area (Å²) in [6, 6.07) is 4.31. The Morgan fingerprint density at radius 2 is 2.06 bits per heavy atom. The summed E-state index contributed by atoms with van der Waals surface area (Å²) in [7, 11) is 0. The van der Waals surface area contributed by atoms with Gasteiger partial charge in [-0.2, -0.15) is 0 Å². The molecular weight excluding hydrogens is 234 g/mol. The van der Waals surface area contributed by atoms with Gasteiger partial charge in [-0.3, -0.25) is 10.2 Å². The highest BCUT2D eigenvalue weighted by atomic mass is 16.4. The lowest BCUT2D eigenvalue weighted by atomic mass is 10.1. The SMILES string of the molecule is CC(C)CNc1ccc(C(=O)O)cc1C(=O)NN. The van der Waals surface area contributed by atoms with Crippen molar-refractivity contribution in [1.29, 1.82) is 0 Å². The number of nitrogens with two attached hydrogens (primary N) is 1. The minimum Gasteiger partial charge on any atom is -0.478 e. The van der Waals surface area contributed by atoms with Crippen LogP contribution in [0, 0.1) is 5.92 Å². The van der Waals surface area contributed by atoms with Gasteiger partial charge in [0.15, 0.2) is 0 Å². The van der Waals surface area contributed by atoms with Crippen LogP contribution in [-0.4, -0.2) is 23.5 Å². The summed E-state index contributed by atoms with van der Waals surface area (Å²) >= 11 is 0. The molecule has 0 bridgehead atoms. The van der Waals surface area contributed by atoms with Crippen molar-refractivity contribution >= 4 is 17.6 Å². The quantitative estimate of drug-likeness (QED) is 0.356. The number of amides is 1. The first-order valence-electron chi connectivity index (χ1n) is 5.58. The molecule has 0 saturated heterocycles. The van der Waals surface area contributed by atoms with Gasteiger partial charge in [0.1, 0.15) is 0 Å². The summed E-state index contributed by atoms with van der Waals surface area (Å²) in [5.74, 6) is 3.87. The van der Waals surface area contributed by atoms with Gasteiger partial charge in [0.2, 0.25) is 0 Å². The number of rotatable bonds is 5. The Kier molecular flexibility index (Phi) is 4.67. The van der Waals surface area contributed by atoms with Crippen molar-refractivity contribution in [3.05, 3.63) is 29.3 Å².